The number of nitrogens with zero attached hydrogens (tertiary/aromatic N) is 1. The number of rotatable bonds is 1. The van der Waals surface area contributed by atoms with Crippen molar-refractivity contribution in [2.24, 2.45) is 5.92 Å². The fourth-order valence-corrected chi connectivity index (χ4v) is 2.86. The van der Waals surface area contributed by atoms with E-state index in [1.807, 2.05) is 0 Å². The van der Waals surface area contributed by atoms with Crippen molar-refractivity contribution in [2.75, 3.05) is 13.6 Å². The van der Waals surface area contributed by atoms with Crippen LogP contribution in [0, 0.1) is 5.92 Å². The maximum absolute atomic E-state index is 11.7. The summed E-state index contributed by atoms with van der Waals surface area (Å²) >= 11 is 0. The van der Waals surface area contributed by atoms with Crippen molar-refractivity contribution in [1.29, 1.82) is 0 Å². The first-order valence-corrected chi connectivity index (χ1v) is 5.52. The van der Waals surface area contributed by atoms with Crippen molar-refractivity contribution >= 4 is 5.78 Å². The molecule has 1 aliphatic carbocycles. The molecule has 0 spiro atoms. The summed E-state index contributed by atoms with van der Waals surface area (Å²) in [6.45, 7) is 1.19. The molecule has 2 fully saturated rings. The molecule has 2 heteroatoms. The predicted molar refractivity (Wildman–Crippen MR) is 52.6 cm³/mol. The summed E-state index contributed by atoms with van der Waals surface area (Å²) in [7, 11) is 2.17. The molecule has 2 rings (SSSR count). The lowest BCUT2D eigenvalue weighted by atomic mass is 9.82. The minimum atomic E-state index is 0.376. The van der Waals surface area contributed by atoms with Crippen LogP contribution < -0.4 is 0 Å². The van der Waals surface area contributed by atoms with Crippen LogP contribution in [0.15, 0.2) is 0 Å². The van der Waals surface area contributed by atoms with E-state index in [0.717, 1.165) is 19.3 Å². The van der Waals surface area contributed by atoms with E-state index in [-0.39, 0.29) is 0 Å². The van der Waals surface area contributed by atoms with Gasteiger partial charge >= 0.3 is 0 Å². The fraction of sp³-hybridized carbons (Fsp3) is 0.909. The second kappa shape index (κ2) is 3.79. The number of hydrogen-bond acceptors (Lipinski definition) is 2. The standard InChI is InChI=1S/C11H19NO/c1-12-8-4-6-10(12)9-5-2-3-7-11(9)13/h9-10H,2-8H2,1H3/t9-,10+/m1/s1. The average molecular weight is 181 g/mol. The molecule has 0 aromatic rings. The molecule has 0 amide bonds. The highest BCUT2D eigenvalue weighted by Gasteiger charge is 2.34. The van der Waals surface area contributed by atoms with Gasteiger partial charge in [-0.2, -0.15) is 0 Å². The maximum Gasteiger partial charge on any atom is 0.137 e. The summed E-state index contributed by atoms with van der Waals surface area (Å²) < 4.78 is 0. The third-order valence-electron chi connectivity index (χ3n) is 3.64. The Balaban J connectivity index is 2.01. The zero-order valence-electron chi connectivity index (χ0n) is 8.46. The second-order valence-corrected chi connectivity index (χ2v) is 4.51. The number of carbonyl (C=O) groups excluding carboxylic acids is 1. The SMILES string of the molecule is CN1CCC[C@H]1[C@H]1CCCCC1=O. The van der Waals surface area contributed by atoms with Gasteiger partial charge in [0, 0.05) is 18.4 Å². The molecule has 2 atom stereocenters. The van der Waals surface area contributed by atoms with Crippen LogP contribution in [0.3, 0.4) is 0 Å². The first kappa shape index (κ1) is 9.20. The molecule has 0 N–H and O–H groups in total. The van der Waals surface area contributed by atoms with Gasteiger partial charge in [-0.1, -0.05) is 6.42 Å². The highest BCUT2D eigenvalue weighted by atomic mass is 16.1. The Morgan fingerprint density at radius 3 is 2.69 bits per heavy atom. The predicted octanol–water partition coefficient (Wildman–Crippen LogP) is 1.84. The smallest absolute Gasteiger partial charge is 0.137 e. The molecule has 0 bridgehead atoms. The maximum atomic E-state index is 11.7. The molecule has 74 valence electrons. The zero-order valence-corrected chi connectivity index (χ0v) is 8.46. The van der Waals surface area contributed by atoms with E-state index >= 15 is 0 Å². The Morgan fingerprint density at radius 2 is 2.08 bits per heavy atom. The molecule has 0 aromatic carbocycles. The molecule has 1 aliphatic heterocycles. The molecule has 0 unspecified atom stereocenters. The minimum absolute atomic E-state index is 0.376. The van der Waals surface area contributed by atoms with Gasteiger partial charge in [0.2, 0.25) is 0 Å². The molecular formula is C11H19NO. The molecule has 2 nitrogen and oxygen atoms in total. The van der Waals surface area contributed by atoms with Crippen LogP contribution in [0.1, 0.15) is 38.5 Å². The highest BCUT2D eigenvalue weighted by Crippen LogP contribution is 2.31. The molecule has 1 saturated carbocycles. The Morgan fingerprint density at radius 1 is 1.23 bits per heavy atom. The number of Topliss-reactive ketones (excluding diaryl/α,β-unsaturated/α-hetero) is 1. The van der Waals surface area contributed by atoms with Crippen molar-refractivity contribution in [3.63, 3.8) is 0 Å². The average Bonchev–Trinajstić information content (AvgIpc) is 2.52. The lowest BCUT2D eigenvalue weighted by Crippen LogP contribution is -2.38. The van der Waals surface area contributed by atoms with Crippen LogP contribution in [0.25, 0.3) is 0 Å². The molecule has 1 heterocycles. The minimum Gasteiger partial charge on any atom is -0.303 e. The number of hydrogen-bond donors (Lipinski definition) is 0. The second-order valence-electron chi connectivity index (χ2n) is 4.51. The Bertz CT molecular complexity index is 202. The van der Waals surface area contributed by atoms with Crippen LogP contribution in [-0.2, 0) is 4.79 Å². The molecule has 13 heavy (non-hydrogen) atoms. The Labute approximate surface area is 80.3 Å². The number of carbonyl (C=O) groups is 1. The van der Waals surface area contributed by atoms with Crippen LogP contribution in [0.2, 0.25) is 0 Å². The lowest BCUT2D eigenvalue weighted by molar-refractivity contribution is -0.126. The van der Waals surface area contributed by atoms with Gasteiger partial charge in [-0.05, 0) is 39.3 Å². The van der Waals surface area contributed by atoms with Gasteiger partial charge in [-0.15, -0.1) is 0 Å². The fourth-order valence-electron chi connectivity index (χ4n) is 2.86. The van der Waals surface area contributed by atoms with Crippen molar-refractivity contribution in [3.8, 4) is 0 Å². The van der Waals surface area contributed by atoms with Gasteiger partial charge in [-0.3, -0.25) is 4.79 Å². The molecule has 1 saturated heterocycles. The van der Waals surface area contributed by atoms with E-state index in [2.05, 4.69) is 11.9 Å². The van der Waals surface area contributed by atoms with Crippen LogP contribution in [-0.4, -0.2) is 30.3 Å². The van der Waals surface area contributed by atoms with Crippen LogP contribution in [0.5, 0.6) is 0 Å². The van der Waals surface area contributed by atoms with Crippen molar-refractivity contribution < 1.29 is 4.79 Å². The van der Waals surface area contributed by atoms with Crippen LogP contribution in [0.4, 0.5) is 0 Å². The van der Waals surface area contributed by atoms with Gasteiger partial charge < -0.3 is 4.90 Å². The summed E-state index contributed by atoms with van der Waals surface area (Å²) in [6, 6.07) is 0.577. The molecule has 0 radical (unpaired) electrons. The number of ketones is 1. The quantitative estimate of drug-likeness (QED) is 0.615. The summed E-state index contributed by atoms with van der Waals surface area (Å²) in [5.41, 5.74) is 0. The van der Waals surface area contributed by atoms with Crippen LogP contribution >= 0.6 is 0 Å². The Hall–Kier alpha value is -0.370. The summed E-state index contributed by atoms with van der Waals surface area (Å²) in [4.78, 5) is 14.1. The van der Waals surface area contributed by atoms with Gasteiger partial charge in [0.05, 0.1) is 0 Å². The van der Waals surface area contributed by atoms with E-state index in [0.29, 0.717) is 17.7 Å². The molecular weight excluding hydrogens is 162 g/mol. The van der Waals surface area contributed by atoms with Crippen molar-refractivity contribution in [1.82, 2.24) is 4.90 Å². The van der Waals surface area contributed by atoms with Gasteiger partial charge in [-0.25, -0.2) is 0 Å². The van der Waals surface area contributed by atoms with Gasteiger partial charge in [0.25, 0.3) is 0 Å². The third kappa shape index (κ3) is 1.78. The summed E-state index contributed by atoms with van der Waals surface area (Å²) in [5.74, 6) is 0.909. The highest BCUT2D eigenvalue weighted by molar-refractivity contribution is 5.82. The van der Waals surface area contributed by atoms with E-state index < -0.39 is 0 Å². The van der Waals surface area contributed by atoms with Crippen molar-refractivity contribution in [3.05, 3.63) is 0 Å². The monoisotopic (exact) mass is 181 g/mol. The van der Waals surface area contributed by atoms with E-state index in [1.54, 1.807) is 0 Å². The first-order valence-electron chi connectivity index (χ1n) is 5.52. The normalized spacial score (nSPS) is 36.8. The number of likely N-dealkylation sites (tertiary alicyclic amines) is 1. The molecule has 2 aliphatic rings. The first-order chi connectivity index (χ1) is 6.29. The largest absolute Gasteiger partial charge is 0.303 e. The van der Waals surface area contributed by atoms with Gasteiger partial charge in [0.15, 0.2) is 0 Å². The Kier molecular flexibility index (Phi) is 2.68. The third-order valence-corrected chi connectivity index (χ3v) is 3.64. The zero-order chi connectivity index (χ0) is 9.26. The summed E-state index contributed by atoms with van der Waals surface area (Å²) in [5, 5.41) is 0. The van der Waals surface area contributed by atoms with E-state index in [9.17, 15) is 4.79 Å². The van der Waals surface area contributed by atoms with Crippen molar-refractivity contribution in [2.45, 2.75) is 44.6 Å². The van der Waals surface area contributed by atoms with E-state index in [4.69, 9.17) is 0 Å². The molecule has 0 aromatic heterocycles. The topological polar surface area (TPSA) is 20.3 Å². The summed E-state index contributed by atoms with van der Waals surface area (Å²) in [6.07, 6.45) is 6.91. The van der Waals surface area contributed by atoms with Gasteiger partial charge in [0.1, 0.15) is 5.78 Å². The lowest BCUT2D eigenvalue weighted by Gasteiger charge is -2.30. The van der Waals surface area contributed by atoms with E-state index in [1.165, 1.54) is 25.8 Å².